The van der Waals surface area contributed by atoms with Gasteiger partial charge in [0.25, 0.3) is 0 Å². The van der Waals surface area contributed by atoms with E-state index in [1.807, 2.05) is 0 Å². The predicted octanol–water partition coefficient (Wildman–Crippen LogP) is 3.62. The topological polar surface area (TPSA) is 36.1 Å². The highest BCUT2D eigenvalue weighted by atomic mass is 16.1. The lowest BCUT2D eigenvalue weighted by molar-refractivity contribution is -0.121. The molecule has 0 spiro atoms. The number of piperidine rings is 1. The van der Waals surface area contributed by atoms with Crippen LogP contribution in [-0.2, 0) is 11.2 Å². The Hall–Kier alpha value is -1.87. The highest BCUT2D eigenvalue weighted by molar-refractivity contribution is 5.85. The molecule has 0 unspecified atom stereocenters. The maximum atomic E-state index is 12.1. The highest BCUT2D eigenvalue weighted by Gasteiger charge is 2.38. The van der Waals surface area contributed by atoms with Crippen LogP contribution in [-0.4, -0.2) is 28.8 Å². The molecule has 0 radical (unpaired) electrons. The van der Waals surface area contributed by atoms with Gasteiger partial charge in [-0.2, -0.15) is 0 Å². The van der Waals surface area contributed by atoms with E-state index in [9.17, 15) is 4.79 Å². The Kier molecular flexibility index (Phi) is 3.19. The fourth-order valence-electron chi connectivity index (χ4n) is 4.26. The Morgan fingerprint density at radius 1 is 1.36 bits per heavy atom. The van der Waals surface area contributed by atoms with Crippen LogP contribution in [0.25, 0.3) is 10.9 Å². The number of carbonyl (C=O) groups is 1. The van der Waals surface area contributed by atoms with Gasteiger partial charge in [-0.15, -0.1) is 0 Å². The van der Waals surface area contributed by atoms with E-state index in [-0.39, 0.29) is 5.92 Å². The largest absolute Gasteiger partial charge is 0.357 e. The van der Waals surface area contributed by atoms with Gasteiger partial charge in [-0.1, -0.05) is 24.3 Å². The van der Waals surface area contributed by atoms with Gasteiger partial charge in [0.1, 0.15) is 5.78 Å². The van der Waals surface area contributed by atoms with Crippen LogP contribution in [0.15, 0.2) is 35.9 Å². The van der Waals surface area contributed by atoms with Gasteiger partial charge in [0.05, 0.1) is 6.04 Å². The zero-order chi connectivity index (χ0) is 15.3. The maximum absolute atomic E-state index is 12.1. The van der Waals surface area contributed by atoms with Crippen molar-refractivity contribution in [3.63, 3.8) is 0 Å². The Morgan fingerprint density at radius 3 is 2.95 bits per heavy atom. The summed E-state index contributed by atoms with van der Waals surface area (Å²) in [6.45, 7) is 5.81. The van der Waals surface area contributed by atoms with Gasteiger partial charge in [-0.25, -0.2) is 0 Å². The molecule has 0 saturated carbocycles. The number of carbonyl (C=O) groups excluding carboxylic acids is 1. The Balaban J connectivity index is 1.79. The second-order valence-corrected chi connectivity index (χ2v) is 6.56. The van der Waals surface area contributed by atoms with Crippen molar-refractivity contribution < 1.29 is 4.79 Å². The molecule has 3 nitrogen and oxygen atoms in total. The molecule has 2 aliphatic rings. The summed E-state index contributed by atoms with van der Waals surface area (Å²) >= 11 is 0. The van der Waals surface area contributed by atoms with E-state index >= 15 is 0 Å². The molecule has 114 valence electrons. The van der Waals surface area contributed by atoms with Crippen molar-refractivity contribution in [2.45, 2.75) is 32.7 Å². The third-order valence-electron chi connectivity index (χ3n) is 5.42. The van der Waals surface area contributed by atoms with Crippen molar-refractivity contribution in [2.75, 3.05) is 13.1 Å². The van der Waals surface area contributed by atoms with Crippen LogP contribution in [0, 0.1) is 5.92 Å². The normalized spacial score (nSPS) is 26.9. The zero-order valence-electron chi connectivity index (χ0n) is 13.2. The van der Waals surface area contributed by atoms with Crippen molar-refractivity contribution in [1.29, 1.82) is 0 Å². The predicted molar refractivity (Wildman–Crippen MR) is 88.9 cm³/mol. The average molecular weight is 294 g/mol. The second-order valence-electron chi connectivity index (χ2n) is 6.56. The summed E-state index contributed by atoms with van der Waals surface area (Å²) in [5.41, 5.74) is 5.32. The number of allylic oxidation sites excluding steroid dienone is 1. The van der Waals surface area contributed by atoms with Gasteiger partial charge in [0.15, 0.2) is 0 Å². The average Bonchev–Trinajstić information content (AvgIpc) is 2.92. The standard InChI is InChI=1S/C19H22N2O/c1-3-13-11-21-9-8-15-14-6-4-5-7-17(14)20-19(15)18(21)10-16(13)12(2)22/h3-7,16,18,20H,8-11H2,1-2H3/b13-3-/t16-,18-/m0/s1. The molecule has 0 bridgehead atoms. The van der Waals surface area contributed by atoms with Crippen LogP contribution >= 0.6 is 0 Å². The number of aromatic nitrogens is 1. The highest BCUT2D eigenvalue weighted by Crippen LogP contribution is 2.42. The van der Waals surface area contributed by atoms with Gasteiger partial charge in [0.2, 0.25) is 0 Å². The molecule has 2 aliphatic heterocycles. The molecule has 2 aromatic rings. The van der Waals surface area contributed by atoms with E-state index in [1.165, 1.54) is 27.7 Å². The zero-order valence-corrected chi connectivity index (χ0v) is 13.2. The van der Waals surface area contributed by atoms with Crippen molar-refractivity contribution in [1.82, 2.24) is 9.88 Å². The monoisotopic (exact) mass is 294 g/mol. The molecule has 1 aromatic carbocycles. The first-order valence-electron chi connectivity index (χ1n) is 8.18. The summed E-state index contributed by atoms with van der Waals surface area (Å²) in [5, 5.41) is 1.35. The molecule has 1 fully saturated rings. The van der Waals surface area contributed by atoms with Crippen LogP contribution in [0.1, 0.15) is 37.6 Å². The summed E-state index contributed by atoms with van der Waals surface area (Å²) in [5.74, 6) is 0.389. The number of rotatable bonds is 1. The maximum Gasteiger partial charge on any atom is 0.137 e. The molecule has 4 rings (SSSR count). The molecular formula is C19H22N2O. The number of benzene rings is 1. The smallest absolute Gasteiger partial charge is 0.137 e. The number of H-pyrrole nitrogens is 1. The number of ketones is 1. The molecule has 1 N–H and O–H groups in total. The first-order valence-corrected chi connectivity index (χ1v) is 8.18. The summed E-state index contributed by atoms with van der Waals surface area (Å²) in [6.07, 6.45) is 4.15. The second kappa shape index (κ2) is 5.10. The minimum Gasteiger partial charge on any atom is -0.357 e. The lowest BCUT2D eigenvalue weighted by Crippen LogP contribution is -2.44. The van der Waals surface area contributed by atoms with Crippen LogP contribution in [0.5, 0.6) is 0 Å². The van der Waals surface area contributed by atoms with Gasteiger partial charge in [0, 0.05) is 35.6 Å². The van der Waals surface area contributed by atoms with Gasteiger partial charge < -0.3 is 4.98 Å². The molecule has 1 saturated heterocycles. The lowest BCUT2D eigenvalue weighted by Gasteiger charge is -2.43. The van der Waals surface area contributed by atoms with Gasteiger partial charge in [-0.05, 0) is 43.9 Å². The molecule has 3 heteroatoms. The quantitative estimate of drug-likeness (QED) is 0.815. The van der Waals surface area contributed by atoms with Gasteiger partial charge in [-0.3, -0.25) is 9.69 Å². The first-order chi connectivity index (χ1) is 10.7. The van der Waals surface area contributed by atoms with Crippen LogP contribution in [0.3, 0.4) is 0 Å². The van der Waals surface area contributed by atoms with E-state index in [2.05, 4.69) is 47.1 Å². The molecular weight excluding hydrogens is 272 g/mol. The van der Waals surface area contributed by atoms with E-state index in [0.29, 0.717) is 11.8 Å². The van der Waals surface area contributed by atoms with Gasteiger partial charge >= 0.3 is 0 Å². The minimum atomic E-state index is 0.0867. The number of Topliss-reactive ketones (excluding diaryl/α,β-unsaturated/α-hetero) is 1. The molecule has 2 atom stereocenters. The van der Waals surface area contributed by atoms with E-state index in [4.69, 9.17) is 0 Å². The van der Waals surface area contributed by atoms with E-state index in [0.717, 1.165) is 25.9 Å². The minimum absolute atomic E-state index is 0.0867. The van der Waals surface area contributed by atoms with Crippen molar-refractivity contribution in [3.8, 4) is 0 Å². The molecule has 1 aromatic heterocycles. The van der Waals surface area contributed by atoms with E-state index < -0.39 is 0 Å². The Morgan fingerprint density at radius 2 is 2.18 bits per heavy atom. The number of nitrogens with zero attached hydrogens (tertiary/aromatic N) is 1. The van der Waals surface area contributed by atoms with E-state index in [1.54, 1.807) is 6.92 Å². The summed E-state index contributed by atoms with van der Waals surface area (Å²) in [6, 6.07) is 8.91. The van der Waals surface area contributed by atoms with Crippen molar-refractivity contribution in [3.05, 3.63) is 47.2 Å². The Labute approximate surface area is 131 Å². The molecule has 0 aliphatic carbocycles. The molecule has 3 heterocycles. The number of aromatic amines is 1. The SMILES string of the molecule is C/C=C1/CN2CCc3c([nH]c4ccccc34)[C@@H]2C[C@H]1C(C)=O. The number of fused-ring (bicyclic) bond motifs is 5. The third-order valence-corrected chi connectivity index (χ3v) is 5.42. The van der Waals surface area contributed by atoms with Crippen LogP contribution < -0.4 is 0 Å². The van der Waals surface area contributed by atoms with Crippen LogP contribution in [0.2, 0.25) is 0 Å². The molecule has 0 amide bonds. The first kappa shape index (κ1) is 13.8. The van der Waals surface area contributed by atoms with Crippen molar-refractivity contribution >= 4 is 16.7 Å². The summed E-state index contributed by atoms with van der Waals surface area (Å²) < 4.78 is 0. The number of nitrogens with one attached hydrogen (secondary N) is 1. The Bertz CT molecular complexity index is 771. The summed E-state index contributed by atoms with van der Waals surface area (Å²) in [7, 11) is 0. The third kappa shape index (κ3) is 1.96. The van der Waals surface area contributed by atoms with Crippen molar-refractivity contribution in [2.24, 2.45) is 5.92 Å². The van der Waals surface area contributed by atoms with Crippen LogP contribution in [0.4, 0.5) is 0 Å². The fraction of sp³-hybridized carbons (Fsp3) is 0.421. The number of hydrogen-bond acceptors (Lipinski definition) is 2. The molecule has 22 heavy (non-hydrogen) atoms. The lowest BCUT2D eigenvalue weighted by atomic mass is 9.80. The number of para-hydroxylation sites is 1. The number of hydrogen-bond donors (Lipinski definition) is 1. The fourth-order valence-corrected chi connectivity index (χ4v) is 4.26. The summed E-state index contributed by atoms with van der Waals surface area (Å²) in [4.78, 5) is 18.2.